The van der Waals surface area contributed by atoms with Gasteiger partial charge >= 0.3 is 39.5 Å². The molecule has 0 bridgehead atoms. The molecule has 0 radical (unpaired) electrons. The van der Waals surface area contributed by atoms with Gasteiger partial charge in [-0.05, 0) is 116 Å². The standard InChI is InChI=1S/C81H140O17P2/c1-5-9-13-17-21-25-29-33-37-41-45-49-53-57-61-65-78(83)91-71-76(97-80(85)67-63-59-55-51-47-43-39-35-31-27-23-19-15-11-7-3)73-95-99(87,88)93-69-75(82)70-94-100(89,90)96-74-77(98-81(86)68-64-60-56-52-48-44-40-36-32-28-24-20-16-12-8-4)72-92-79(84)66-62-58-54-50-46-42-38-34-30-26-22-18-14-10-6-2/h9,13,21-23,25-27,33-35,37-39,45,49,57,61,75-77,82H,5-8,10-12,14-20,24,28-32,36,40-44,46-48,50-56,58-60,62-74H2,1-4H3,(H,87,88)(H,89,90)/b13-9-,25-21-,26-22-,27-23-,37-33-,38-34-,39-35-,49-45-,61-57-. The number of esters is 4. The second kappa shape index (κ2) is 73.0. The van der Waals surface area contributed by atoms with E-state index in [0.717, 1.165) is 141 Å². The maximum atomic E-state index is 13.1. The molecule has 0 spiro atoms. The summed E-state index contributed by atoms with van der Waals surface area (Å²) in [5, 5.41) is 10.6. The highest BCUT2D eigenvalue weighted by Crippen LogP contribution is 2.45. The van der Waals surface area contributed by atoms with Gasteiger partial charge in [0.1, 0.15) is 19.3 Å². The first kappa shape index (κ1) is 95.7. The summed E-state index contributed by atoms with van der Waals surface area (Å²) >= 11 is 0. The minimum Gasteiger partial charge on any atom is -0.462 e. The van der Waals surface area contributed by atoms with Gasteiger partial charge < -0.3 is 33.8 Å². The van der Waals surface area contributed by atoms with Crippen molar-refractivity contribution in [1.29, 1.82) is 0 Å². The molecule has 100 heavy (non-hydrogen) atoms. The average molecular weight is 1450 g/mol. The van der Waals surface area contributed by atoms with E-state index in [1.54, 1.807) is 6.08 Å². The van der Waals surface area contributed by atoms with Crippen molar-refractivity contribution < 1.29 is 80.2 Å². The van der Waals surface area contributed by atoms with Crippen LogP contribution in [0.15, 0.2) is 109 Å². The lowest BCUT2D eigenvalue weighted by atomic mass is 10.0. The normalized spacial score (nSPS) is 14.5. The van der Waals surface area contributed by atoms with Crippen molar-refractivity contribution in [2.45, 2.75) is 341 Å². The zero-order valence-electron chi connectivity index (χ0n) is 62.8. The first-order chi connectivity index (χ1) is 48.7. The second-order valence-corrected chi connectivity index (χ2v) is 28.8. The maximum Gasteiger partial charge on any atom is 0.472 e. The largest absolute Gasteiger partial charge is 0.472 e. The van der Waals surface area contributed by atoms with Crippen molar-refractivity contribution in [3.05, 3.63) is 109 Å². The summed E-state index contributed by atoms with van der Waals surface area (Å²) in [5.74, 6) is -2.34. The van der Waals surface area contributed by atoms with Gasteiger partial charge in [-0.25, -0.2) is 9.13 Å². The molecule has 3 N–H and O–H groups in total. The molecular weight excluding hydrogens is 1310 g/mol. The molecule has 0 amide bonds. The highest BCUT2D eigenvalue weighted by Gasteiger charge is 2.30. The number of carbonyl (C=O) groups excluding carboxylic acids is 4. The Morgan fingerprint density at radius 2 is 0.560 bits per heavy atom. The van der Waals surface area contributed by atoms with E-state index in [1.165, 1.54) is 103 Å². The van der Waals surface area contributed by atoms with Crippen LogP contribution in [0.25, 0.3) is 0 Å². The fourth-order valence-electron chi connectivity index (χ4n) is 10.3. The predicted molar refractivity (Wildman–Crippen MR) is 408 cm³/mol. The van der Waals surface area contributed by atoms with Crippen LogP contribution in [0.1, 0.15) is 323 Å². The van der Waals surface area contributed by atoms with E-state index in [-0.39, 0.29) is 25.7 Å². The third-order valence-corrected chi connectivity index (χ3v) is 18.2. The minimum absolute atomic E-state index is 0.0585. The average Bonchev–Trinajstić information content (AvgIpc) is 1.01. The van der Waals surface area contributed by atoms with E-state index in [9.17, 15) is 43.2 Å². The summed E-state index contributed by atoms with van der Waals surface area (Å²) in [6, 6.07) is 0. The van der Waals surface area contributed by atoms with Crippen LogP contribution in [0.2, 0.25) is 0 Å². The quantitative estimate of drug-likeness (QED) is 0.0169. The first-order valence-electron chi connectivity index (χ1n) is 39.1. The van der Waals surface area contributed by atoms with Gasteiger partial charge in [0.05, 0.1) is 32.8 Å². The molecule has 19 heteroatoms. The molecule has 0 aliphatic rings. The molecule has 5 unspecified atom stereocenters. The molecule has 0 saturated heterocycles. The SMILES string of the molecule is CC/C=C\C/C=C\C/C=C\C/C=C\C/C=C\CC(=O)OCC(COP(=O)(O)OCC(O)COP(=O)(O)OCC(COC(=O)CCCCCCC/C=C\C/C=C\CCCCC)OC(=O)CCCCCCCCCCCCCCCCC)OC(=O)CCCCCCC/C=C\C/C=C\CCCCC. The third kappa shape index (κ3) is 72.1. The molecule has 0 aliphatic carbocycles. The summed E-state index contributed by atoms with van der Waals surface area (Å²) < 4.78 is 68.4. The smallest absolute Gasteiger partial charge is 0.462 e. The zero-order valence-corrected chi connectivity index (χ0v) is 64.6. The number of phosphoric acid groups is 2. The van der Waals surface area contributed by atoms with Gasteiger partial charge in [0.15, 0.2) is 12.2 Å². The molecule has 0 aliphatic heterocycles. The van der Waals surface area contributed by atoms with Crippen LogP contribution in [-0.4, -0.2) is 96.7 Å². The van der Waals surface area contributed by atoms with E-state index < -0.39 is 97.5 Å². The van der Waals surface area contributed by atoms with Gasteiger partial charge in [-0.15, -0.1) is 0 Å². The predicted octanol–water partition coefficient (Wildman–Crippen LogP) is 22.6. The number of allylic oxidation sites excluding steroid dienone is 17. The Hall–Kier alpha value is -4.28. The second-order valence-electron chi connectivity index (χ2n) is 25.9. The third-order valence-electron chi connectivity index (χ3n) is 16.3. The number of unbranched alkanes of at least 4 members (excludes halogenated alkanes) is 30. The minimum atomic E-state index is -5.00. The number of carbonyl (C=O) groups is 4. The molecule has 0 rings (SSSR count). The Balaban J connectivity index is 5.43. The fourth-order valence-corrected chi connectivity index (χ4v) is 11.9. The van der Waals surface area contributed by atoms with Crippen LogP contribution >= 0.6 is 15.6 Å². The number of aliphatic hydroxyl groups excluding tert-OH is 1. The highest BCUT2D eigenvalue weighted by molar-refractivity contribution is 7.47. The van der Waals surface area contributed by atoms with Crippen LogP contribution in [0, 0.1) is 0 Å². The lowest BCUT2D eigenvalue weighted by molar-refractivity contribution is -0.161. The lowest BCUT2D eigenvalue weighted by Crippen LogP contribution is -2.30. The topological polar surface area (TPSA) is 237 Å². The van der Waals surface area contributed by atoms with Crippen molar-refractivity contribution in [1.82, 2.24) is 0 Å². The van der Waals surface area contributed by atoms with Crippen LogP contribution in [0.5, 0.6) is 0 Å². The number of ether oxygens (including phenoxy) is 4. The molecule has 0 aromatic heterocycles. The number of hydrogen-bond donors (Lipinski definition) is 3. The fraction of sp³-hybridized carbons (Fsp3) is 0.728. The van der Waals surface area contributed by atoms with Gasteiger partial charge in [-0.1, -0.05) is 291 Å². The van der Waals surface area contributed by atoms with Crippen molar-refractivity contribution >= 4 is 39.5 Å². The number of rotatable bonds is 73. The summed E-state index contributed by atoms with van der Waals surface area (Å²) in [6.45, 7) is 4.59. The Bertz CT molecular complexity index is 2320. The van der Waals surface area contributed by atoms with Gasteiger partial charge in [-0.3, -0.25) is 37.3 Å². The van der Waals surface area contributed by atoms with Gasteiger partial charge in [0.2, 0.25) is 0 Å². The summed E-state index contributed by atoms with van der Waals surface area (Å²) in [6.07, 6.45) is 78.1. The first-order valence-corrected chi connectivity index (χ1v) is 42.1. The maximum absolute atomic E-state index is 13.1. The molecule has 0 fully saturated rings. The highest BCUT2D eigenvalue weighted by atomic mass is 31.2. The van der Waals surface area contributed by atoms with E-state index in [2.05, 4.69) is 113 Å². The van der Waals surface area contributed by atoms with Crippen LogP contribution in [0.3, 0.4) is 0 Å². The monoisotopic (exact) mass is 1450 g/mol. The summed E-state index contributed by atoms with van der Waals surface area (Å²) in [4.78, 5) is 72.9. The number of aliphatic hydroxyl groups is 1. The van der Waals surface area contributed by atoms with Gasteiger partial charge in [0, 0.05) is 19.3 Å². The van der Waals surface area contributed by atoms with E-state index in [1.807, 2.05) is 18.2 Å². The molecule has 0 aromatic rings. The summed E-state index contributed by atoms with van der Waals surface area (Å²) in [7, 11) is -9.98. The van der Waals surface area contributed by atoms with Crippen LogP contribution < -0.4 is 0 Å². The lowest BCUT2D eigenvalue weighted by Gasteiger charge is -2.21. The van der Waals surface area contributed by atoms with Gasteiger partial charge in [-0.2, -0.15) is 0 Å². The molecular formula is C81H140O17P2. The van der Waals surface area contributed by atoms with E-state index in [4.69, 9.17) is 37.0 Å². The molecule has 0 aromatic carbocycles. The number of phosphoric ester groups is 2. The molecule has 576 valence electrons. The Kier molecular flexibility index (Phi) is 69.9. The number of hydrogen-bond acceptors (Lipinski definition) is 15. The molecule has 5 atom stereocenters. The Labute approximate surface area is 607 Å². The zero-order chi connectivity index (χ0) is 73.2. The molecule has 0 saturated carbocycles. The Morgan fingerprint density at radius 3 is 0.910 bits per heavy atom. The van der Waals surface area contributed by atoms with Crippen molar-refractivity contribution in [2.24, 2.45) is 0 Å². The van der Waals surface area contributed by atoms with E-state index >= 15 is 0 Å². The van der Waals surface area contributed by atoms with Crippen molar-refractivity contribution in [2.75, 3.05) is 39.6 Å². The Morgan fingerprint density at radius 1 is 0.300 bits per heavy atom. The molecule has 17 nitrogen and oxygen atoms in total. The summed E-state index contributed by atoms with van der Waals surface area (Å²) in [5.41, 5.74) is 0. The van der Waals surface area contributed by atoms with Crippen LogP contribution in [-0.2, 0) is 65.4 Å². The van der Waals surface area contributed by atoms with Crippen molar-refractivity contribution in [3.8, 4) is 0 Å². The van der Waals surface area contributed by atoms with Crippen molar-refractivity contribution in [3.63, 3.8) is 0 Å². The van der Waals surface area contributed by atoms with Crippen LogP contribution in [0.4, 0.5) is 0 Å². The molecule has 0 heterocycles. The van der Waals surface area contributed by atoms with Gasteiger partial charge in [0.25, 0.3) is 0 Å². The van der Waals surface area contributed by atoms with E-state index in [0.29, 0.717) is 25.7 Å².